The van der Waals surface area contributed by atoms with Gasteiger partial charge in [-0.1, -0.05) is 13.8 Å². The van der Waals surface area contributed by atoms with Crippen molar-refractivity contribution in [2.75, 3.05) is 24.0 Å². The van der Waals surface area contributed by atoms with Crippen molar-refractivity contribution in [1.82, 2.24) is 0 Å². The molecule has 70 valence electrons. The van der Waals surface area contributed by atoms with E-state index in [2.05, 4.69) is 0 Å². The molecule has 0 saturated carbocycles. The molecule has 0 saturated heterocycles. The zero-order valence-corrected chi connectivity index (χ0v) is 9.39. The summed E-state index contributed by atoms with van der Waals surface area (Å²) in [5.74, 6) is 1.68. The smallest absolute Gasteiger partial charge is 0.0232 e. The Labute approximate surface area is 74.7 Å². The lowest BCUT2D eigenvalue weighted by atomic mass is 10.6. The molecular formula is C7H18O2S2. The van der Waals surface area contributed by atoms with Crippen LogP contribution < -0.4 is 0 Å². The molecule has 0 aliphatic rings. The second-order valence-electron chi connectivity index (χ2n) is 2.17. The van der Waals surface area contributed by atoms with Crippen LogP contribution in [0.4, 0.5) is 0 Å². The van der Waals surface area contributed by atoms with Gasteiger partial charge in [0.15, 0.2) is 0 Å². The molecule has 11 heavy (non-hydrogen) atoms. The fraction of sp³-hybridized carbons (Fsp3) is 1.00. The molecule has 0 fully saturated rings. The van der Waals surface area contributed by atoms with E-state index in [0.717, 1.165) is 17.9 Å². The third-order valence-electron chi connectivity index (χ3n) is 0.754. The van der Waals surface area contributed by atoms with E-state index in [9.17, 15) is 8.42 Å². The Bertz CT molecular complexity index is 120. The normalized spacial score (nSPS) is 12.1. The predicted molar refractivity (Wildman–Crippen MR) is 53.8 cm³/mol. The molecule has 0 aromatic rings. The summed E-state index contributed by atoms with van der Waals surface area (Å²) in [6.45, 7) is 4.00. The van der Waals surface area contributed by atoms with Crippen molar-refractivity contribution in [2.24, 2.45) is 0 Å². The van der Waals surface area contributed by atoms with Gasteiger partial charge in [-0.15, -0.1) is 0 Å². The van der Waals surface area contributed by atoms with Crippen LogP contribution in [0.25, 0.3) is 0 Å². The van der Waals surface area contributed by atoms with Gasteiger partial charge in [-0.3, -0.25) is 8.42 Å². The van der Waals surface area contributed by atoms with E-state index >= 15 is 0 Å². The zero-order valence-electron chi connectivity index (χ0n) is 7.75. The lowest BCUT2D eigenvalue weighted by molar-refractivity contribution is 0.682. The molecule has 0 N–H and O–H groups in total. The van der Waals surface area contributed by atoms with Crippen molar-refractivity contribution in [3.63, 3.8) is 0 Å². The van der Waals surface area contributed by atoms with E-state index in [1.54, 1.807) is 12.5 Å². The average Bonchev–Trinajstić information content (AvgIpc) is 1.87. The largest absolute Gasteiger partial charge is 0.260 e. The summed E-state index contributed by atoms with van der Waals surface area (Å²) < 4.78 is 20.1. The molecule has 0 radical (unpaired) electrons. The van der Waals surface area contributed by atoms with Crippen molar-refractivity contribution in [1.29, 1.82) is 0 Å². The molecule has 2 nitrogen and oxygen atoms in total. The van der Waals surface area contributed by atoms with Crippen LogP contribution in [-0.2, 0) is 21.6 Å². The van der Waals surface area contributed by atoms with E-state index < -0.39 is 21.6 Å². The highest BCUT2D eigenvalue weighted by molar-refractivity contribution is 7.84. The monoisotopic (exact) mass is 198 g/mol. The van der Waals surface area contributed by atoms with Crippen LogP contribution in [0, 0.1) is 0 Å². The maximum absolute atomic E-state index is 10.5. The van der Waals surface area contributed by atoms with E-state index in [4.69, 9.17) is 0 Å². The molecule has 1 atom stereocenters. The predicted octanol–water partition coefficient (Wildman–Crippen LogP) is 1.16. The average molecular weight is 198 g/mol. The molecule has 0 rings (SSSR count). The molecule has 0 bridgehead atoms. The fourth-order valence-electron chi connectivity index (χ4n) is 0.372. The van der Waals surface area contributed by atoms with E-state index in [0.29, 0.717) is 0 Å². The molecule has 1 unspecified atom stereocenters. The van der Waals surface area contributed by atoms with E-state index in [1.807, 2.05) is 13.8 Å². The van der Waals surface area contributed by atoms with Crippen LogP contribution >= 0.6 is 0 Å². The molecule has 0 aromatic carbocycles. The second kappa shape index (κ2) is 10.3. The standard InChI is InChI=1S/C5H12OS.C2H6OS/c1-3-5-7(6)4-2;1-4(2)3/h3-5H2,1-2H3;1-2H3. The van der Waals surface area contributed by atoms with Crippen LogP contribution in [0.15, 0.2) is 0 Å². The highest BCUT2D eigenvalue weighted by Crippen LogP contribution is 1.83. The first kappa shape index (κ1) is 13.9. The van der Waals surface area contributed by atoms with E-state index in [1.165, 1.54) is 0 Å². The number of hydrogen-bond acceptors (Lipinski definition) is 2. The molecular weight excluding hydrogens is 180 g/mol. The van der Waals surface area contributed by atoms with Gasteiger partial charge in [-0.05, 0) is 6.42 Å². The van der Waals surface area contributed by atoms with Crippen molar-refractivity contribution >= 4 is 21.6 Å². The molecule has 0 aliphatic heterocycles. The van der Waals surface area contributed by atoms with Gasteiger partial charge in [-0.25, -0.2) is 0 Å². The summed E-state index contributed by atoms with van der Waals surface area (Å²) in [6.07, 6.45) is 4.32. The third kappa shape index (κ3) is 25.3. The van der Waals surface area contributed by atoms with Gasteiger partial charge in [0.2, 0.25) is 0 Å². The Morgan fingerprint density at radius 3 is 1.55 bits per heavy atom. The molecule has 0 heterocycles. The van der Waals surface area contributed by atoms with Crippen molar-refractivity contribution in [3.8, 4) is 0 Å². The first-order valence-corrected chi connectivity index (χ1v) is 7.10. The molecule has 0 aromatic heterocycles. The van der Waals surface area contributed by atoms with Crippen molar-refractivity contribution < 1.29 is 8.42 Å². The lowest BCUT2D eigenvalue weighted by Crippen LogP contribution is -1.96. The van der Waals surface area contributed by atoms with Crippen molar-refractivity contribution in [2.45, 2.75) is 20.3 Å². The summed E-state index contributed by atoms with van der Waals surface area (Å²) in [4.78, 5) is 0. The van der Waals surface area contributed by atoms with Crippen LogP contribution in [0.2, 0.25) is 0 Å². The zero-order chi connectivity index (χ0) is 9.28. The topological polar surface area (TPSA) is 34.1 Å². The Balaban J connectivity index is 0. The van der Waals surface area contributed by atoms with Crippen LogP contribution in [0.5, 0.6) is 0 Å². The lowest BCUT2D eigenvalue weighted by Gasteiger charge is -1.89. The first-order valence-electron chi connectivity index (χ1n) is 3.64. The van der Waals surface area contributed by atoms with Crippen LogP contribution in [0.1, 0.15) is 20.3 Å². The minimum absolute atomic E-state index is 0.527. The fourth-order valence-corrected chi connectivity index (χ4v) is 1.12. The Kier molecular flexibility index (Phi) is 13.0. The third-order valence-corrected chi connectivity index (χ3v) is 2.26. The highest BCUT2D eigenvalue weighted by atomic mass is 32.2. The maximum Gasteiger partial charge on any atom is 0.0232 e. The minimum atomic E-state index is -0.611. The Morgan fingerprint density at radius 2 is 1.45 bits per heavy atom. The summed E-state index contributed by atoms with van der Waals surface area (Å²) >= 11 is 0. The SMILES string of the molecule is CCCS(=O)CC.CS(C)=O. The van der Waals surface area contributed by atoms with Crippen molar-refractivity contribution in [3.05, 3.63) is 0 Å². The highest BCUT2D eigenvalue weighted by Gasteiger charge is 1.88. The first-order chi connectivity index (χ1) is 5.04. The van der Waals surface area contributed by atoms with Gasteiger partial charge in [0.1, 0.15) is 0 Å². The molecule has 4 heteroatoms. The van der Waals surface area contributed by atoms with Crippen LogP contribution in [-0.4, -0.2) is 32.4 Å². The number of rotatable bonds is 3. The maximum atomic E-state index is 10.5. The molecule has 0 amide bonds. The number of hydrogen-bond donors (Lipinski definition) is 0. The van der Waals surface area contributed by atoms with Gasteiger partial charge in [0.25, 0.3) is 0 Å². The second-order valence-corrected chi connectivity index (χ2v) is 5.52. The van der Waals surface area contributed by atoms with Gasteiger partial charge >= 0.3 is 0 Å². The molecule has 0 spiro atoms. The Hall–Kier alpha value is 0.300. The summed E-state index contributed by atoms with van der Waals surface area (Å²) in [5, 5.41) is 0. The van der Waals surface area contributed by atoms with Crippen LogP contribution in [0.3, 0.4) is 0 Å². The van der Waals surface area contributed by atoms with Gasteiger partial charge in [-0.2, -0.15) is 0 Å². The van der Waals surface area contributed by atoms with Gasteiger partial charge < -0.3 is 0 Å². The quantitative estimate of drug-likeness (QED) is 0.682. The van der Waals surface area contributed by atoms with Gasteiger partial charge in [0.05, 0.1) is 0 Å². The van der Waals surface area contributed by atoms with Gasteiger partial charge in [0, 0.05) is 45.6 Å². The summed E-state index contributed by atoms with van der Waals surface area (Å²) in [7, 11) is -1.14. The van der Waals surface area contributed by atoms with E-state index in [-0.39, 0.29) is 0 Å². The summed E-state index contributed by atoms with van der Waals surface area (Å²) in [5.41, 5.74) is 0. The minimum Gasteiger partial charge on any atom is -0.260 e. The Morgan fingerprint density at radius 1 is 1.09 bits per heavy atom. The summed E-state index contributed by atoms with van der Waals surface area (Å²) in [6, 6.07) is 0. The molecule has 0 aliphatic carbocycles.